The highest BCUT2D eigenvalue weighted by molar-refractivity contribution is 5.95. The molecule has 0 atom stereocenters. The van der Waals surface area contributed by atoms with Crippen LogP contribution < -0.4 is 10.2 Å². The van der Waals surface area contributed by atoms with E-state index in [-0.39, 0.29) is 5.91 Å². The van der Waals surface area contributed by atoms with Crippen molar-refractivity contribution in [2.45, 2.75) is 18.9 Å². The molecule has 0 radical (unpaired) electrons. The van der Waals surface area contributed by atoms with Crippen molar-refractivity contribution >= 4 is 17.4 Å². The van der Waals surface area contributed by atoms with Crippen molar-refractivity contribution in [1.82, 2.24) is 24.6 Å². The van der Waals surface area contributed by atoms with Crippen molar-refractivity contribution in [3.05, 3.63) is 48.4 Å². The lowest BCUT2D eigenvalue weighted by Gasteiger charge is -2.33. The van der Waals surface area contributed by atoms with E-state index in [0.717, 1.165) is 61.7 Å². The number of rotatable bonds is 4. The molecule has 1 saturated heterocycles. The Labute approximate surface area is 164 Å². The van der Waals surface area contributed by atoms with Crippen molar-refractivity contribution in [3.63, 3.8) is 0 Å². The summed E-state index contributed by atoms with van der Waals surface area (Å²) in [5.74, 6) is 0.941. The minimum atomic E-state index is 0.00810. The van der Waals surface area contributed by atoms with Crippen LogP contribution in [0.1, 0.15) is 23.2 Å². The van der Waals surface area contributed by atoms with Crippen LogP contribution in [-0.4, -0.2) is 64.4 Å². The molecule has 2 aliphatic rings. The lowest BCUT2D eigenvalue weighted by Crippen LogP contribution is -2.45. The summed E-state index contributed by atoms with van der Waals surface area (Å²) in [5, 5.41) is 3.03. The van der Waals surface area contributed by atoms with E-state index >= 15 is 0 Å². The predicted molar refractivity (Wildman–Crippen MR) is 109 cm³/mol. The molecule has 0 bridgehead atoms. The molecule has 28 heavy (non-hydrogen) atoms. The third-order valence-corrected chi connectivity index (χ3v) is 5.57. The number of likely N-dealkylation sites (N-methyl/N-ethyl adjacent to an activating group) is 1. The van der Waals surface area contributed by atoms with Crippen molar-refractivity contribution in [2.75, 3.05) is 38.1 Å². The Morgan fingerprint density at radius 2 is 1.82 bits per heavy atom. The Morgan fingerprint density at radius 1 is 1.07 bits per heavy atom. The van der Waals surface area contributed by atoms with Gasteiger partial charge in [-0.1, -0.05) is 12.1 Å². The summed E-state index contributed by atoms with van der Waals surface area (Å²) in [6.07, 6.45) is 7.86. The average molecular weight is 376 g/mol. The minimum absolute atomic E-state index is 0.00810. The first-order valence-electron chi connectivity index (χ1n) is 9.86. The molecule has 1 amide bonds. The maximum atomic E-state index is 12.2. The summed E-state index contributed by atoms with van der Waals surface area (Å²) in [4.78, 5) is 26.1. The highest BCUT2D eigenvalue weighted by atomic mass is 16.1. The van der Waals surface area contributed by atoms with Crippen molar-refractivity contribution in [1.29, 1.82) is 0 Å². The molecule has 1 N–H and O–H groups in total. The monoisotopic (exact) mass is 376 g/mol. The highest BCUT2D eigenvalue weighted by Gasteiger charge is 2.24. The third kappa shape index (κ3) is 3.22. The van der Waals surface area contributed by atoms with E-state index in [0.29, 0.717) is 11.6 Å². The van der Waals surface area contributed by atoms with Gasteiger partial charge >= 0.3 is 0 Å². The standard InChI is InChI=1S/C21H24N6O/c1-25-10-12-26(13-11-25)19-20-23-14-18(27(20)9-8-22-19)15-2-4-16(5-3-15)21(28)24-17-6-7-17/h2-5,8-9,14,17H,6-7,10-13H2,1H3,(H,24,28). The van der Waals surface area contributed by atoms with Crippen LogP contribution in [-0.2, 0) is 0 Å². The molecule has 7 nitrogen and oxygen atoms in total. The van der Waals surface area contributed by atoms with Crippen LogP contribution in [0.3, 0.4) is 0 Å². The van der Waals surface area contributed by atoms with Crippen LogP contribution in [0.4, 0.5) is 5.82 Å². The normalized spacial score (nSPS) is 17.8. The van der Waals surface area contributed by atoms with E-state index in [9.17, 15) is 4.79 Å². The van der Waals surface area contributed by atoms with Gasteiger partial charge in [0.05, 0.1) is 11.9 Å². The SMILES string of the molecule is CN1CCN(c2nccn3c(-c4ccc(C(=O)NC5CC5)cc4)cnc23)CC1. The van der Waals surface area contributed by atoms with Gasteiger partial charge in [0.2, 0.25) is 0 Å². The smallest absolute Gasteiger partial charge is 0.251 e. The Kier molecular flexibility index (Phi) is 4.24. The lowest BCUT2D eigenvalue weighted by molar-refractivity contribution is 0.0951. The Balaban J connectivity index is 1.43. The molecule has 0 unspecified atom stereocenters. The molecule has 5 rings (SSSR count). The van der Waals surface area contributed by atoms with Gasteiger partial charge in [0.25, 0.3) is 5.91 Å². The molecular weight excluding hydrogens is 352 g/mol. The maximum absolute atomic E-state index is 12.2. The molecule has 1 saturated carbocycles. The van der Waals surface area contributed by atoms with Crippen molar-refractivity contribution in [2.24, 2.45) is 0 Å². The predicted octanol–water partition coefficient (Wildman–Crippen LogP) is 2.04. The molecule has 144 valence electrons. The van der Waals surface area contributed by atoms with E-state index in [1.807, 2.05) is 42.9 Å². The summed E-state index contributed by atoms with van der Waals surface area (Å²) in [7, 11) is 2.15. The number of piperazine rings is 1. The van der Waals surface area contributed by atoms with Gasteiger partial charge in [-0.2, -0.15) is 0 Å². The van der Waals surface area contributed by atoms with Gasteiger partial charge in [-0.15, -0.1) is 0 Å². The number of nitrogens with zero attached hydrogens (tertiary/aromatic N) is 5. The number of imidazole rings is 1. The van der Waals surface area contributed by atoms with Gasteiger partial charge < -0.3 is 15.1 Å². The van der Waals surface area contributed by atoms with Gasteiger partial charge in [0.1, 0.15) is 0 Å². The fraction of sp³-hybridized carbons (Fsp3) is 0.381. The number of hydrogen-bond donors (Lipinski definition) is 1. The Hall–Kier alpha value is -2.93. The van der Waals surface area contributed by atoms with E-state index in [1.165, 1.54) is 0 Å². The number of fused-ring (bicyclic) bond motifs is 1. The van der Waals surface area contributed by atoms with Crippen LogP contribution in [0, 0.1) is 0 Å². The lowest BCUT2D eigenvalue weighted by atomic mass is 10.1. The minimum Gasteiger partial charge on any atom is -0.351 e. The molecule has 3 heterocycles. The summed E-state index contributed by atoms with van der Waals surface area (Å²) in [5.41, 5.74) is 3.61. The zero-order valence-corrected chi connectivity index (χ0v) is 16.0. The van der Waals surface area contributed by atoms with Crippen molar-refractivity contribution in [3.8, 4) is 11.3 Å². The Morgan fingerprint density at radius 3 is 2.54 bits per heavy atom. The molecule has 2 aromatic heterocycles. The highest BCUT2D eigenvalue weighted by Crippen LogP contribution is 2.26. The van der Waals surface area contributed by atoms with Crippen LogP contribution >= 0.6 is 0 Å². The number of carbonyl (C=O) groups excluding carboxylic acids is 1. The van der Waals surface area contributed by atoms with Crippen LogP contribution in [0.15, 0.2) is 42.9 Å². The maximum Gasteiger partial charge on any atom is 0.251 e. The second-order valence-corrected chi connectivity index (χ2v) is 7.70. The summed E-state index contributed by atoms with van der Waals surface area (Å²) in [6.45, 7) is 3.97. The van der Waals surface area contributed by atoms with Gasteiger partial charge in [0.15, 0.2) is 11.5 Å². The van der Waals surface area contributed by atoms with Gasteiger partial charge in [0, 0.05) is 55.7 Å². The number of amides is 1. The van der Waals surface area contributed by atoms with E-state index in [2.05, 4.69) is 36.5 Å². The third-order valence-electron chi connectivity index (χ3n) is 5.57. The molecular formula is C21H24N6O. The van der Waals surface area contributed by atoms with Crippen LogP contribution in [0.5, 0.6) is 0 Å². The quantitative estimate of drug-likeness (QED) is 0.755. The number of carbonyl (C=O) groups is 1. The number of anilines is 1. The fourth-order valence-corrected chi connectivity index (χ4v) is 3.65. The van der Waals surface area contributed by atoms with Crippen molar-refractivity contribution < 1.29 is 4.79 Å². The topological polar surface area (TPSA) is 65.8 Å². The molecule has 1 aliphatic heterocycles. The van der Waals surface area contributed by atoms with Crippen LogP contribution in [0.2, 0.25) is 0 Å². The van der Waals surface area contributed by atoms with Gasteiger partial charge in [-0.3, -0.25) is 9.20 Å². The molecule has 7 heteroatoms. The molecule has 2 fully saturated rings. The zero-order chi connectivity index (χ0) is 19.1. The number of benzene rings is 1. The largest absolute Gasteiger partial charge is 0.351 e. The van der Waals surface area contributed by atoms with E-state index in [4.69, 9.17) is 0 Å². The first-order valence-corrected chi connectivity index (χ1v) is 9.86. The molecule has 3 aromatic rings. The second kappa shape index (κ2) is 6.91. The van der Waals surface area contributed by atoms with Gasteiger partial charge in [-0.25, -0.2) is 9.97 Å². The molecule has 1 aromatic carbocycles. The number of aromatic nitrogens is 3. The summed E-state index contributed by atoms with van der Waals surface area (Å²) in [6, 6.07) is 8.11. The number of hydrogen-bond acceptors (Lipinski definition) is 5. The van der Waals surface area contributed by atoms with Crippen LogP contribution in [0.25, 0.3) is 16.9 Å². The average Bonchev–Trinajstić information content (AvgIpc) is 3.43. The first-order chi connectivity index (χ1) is 13.7. The van der Waals surface area contributed by atoms with Gasteiger partial charge in [-0.05, 0) is 32.0 Å². The summed E-state index contributed by atoms with van der Waals surface area (Å²) >= 11 is 0. The Bertz CT molecular complexity index is 999. The summed E-state index contributed by atoms with van der Waals surface area (Å²) < 4.78 is 2.08. The zero-order valence-electron chi connectivity index (χ0n) is 16.0. The molecule has 1 aliphatic carbocycles. The molecule has 0 spiro atoms. The van der Waals surface area contributed by atoms with E-state index < -0.39 is 0 Å². The first kappa shape index (κ1) is 17.2. The number of nitrogens with one attached hydrogen (secondary N) is 1. The van der Waals surface area contributed by atoms with E-state index in [1.54, 1.807) is 0 Å². The second-order valence-electron chi connectivity index (χ2n) is 7.70. The fourth-order valence-electron chi connectivity index (χ4n) is 3.65.